The molecule has 0 amide bonds. The third-order valence-corrected chi connectivity index (χ3v) is 13.6. The molecule has 0 heterocycles. The van der Waals surface area contributed by atoms with Crippen LogP contribution in [0.2, 0.25) is 0 Å². The molecule has 0 radical (unpaired) electrons. The first-order valence-corrected chi connectivity index (χ1v) is 30.6. The number of unbranched alkanes of at least 4 members (excludes halogenated alkanes) is 37. The van der Waals surface area contributed by atoms with E-state index in [4.69, 9.17) is 14.2 Å². The number of carbonyl (C=O) groups excluding carboxylic acids is 3. The van der Waals surface area contributed by atoms with Gasteiger partial charge >= 0.3 is 17.9 Å². The molecule has 0 saturated heterocycles. The van der Waals surface area contributed by atoms with Crippen LogP contribution in [0.15, 0.2) is 48.6 Å². The lowest BCUT2D eigenvalue weighted by molar-refractivity contribution is -0.167. The Balaban J connectivity index is 4.38. The first kappa shape index (κ1) is 67.4. The molecule has 0 aromatic heterocycles. The molecule has 0 saturated carbocycles. The molecule has 0 fully saturated rings. The van der Waals surface area contributed by atoms with E-state index in [-0.39, 0.29) is 31.1 Å². The van der Waals surface area contributed by atoms with Crippen molar-refractivity contribution < 1.29 is 28.6 Å². The van der Waals surface area contributed by atoms with Crippen molar-refractivity contribution in [1.29, 1.82) is 0 Å². The molecule has 0 aliphatic carbocycles. The summed E-state index contributed by atoms with van der Waals surface area (Å²) in [5.74, 6) is -0.881. The van der Waals surface area contributed by atoms with Gasteiger partial charge in [0.1, 0.15) is 13.2 Å². The Morgan fingerprint density at radius 2 is 0.514 bits per heavy atom. The van der Waals surface area contributed by atoms with Crippen molar-refractivity contribution in [2.24, 2.45) is 0 Å². The molecular weight excluding hydrogens is 865 g/mol. The first-order valence-electron chi connectivity index (χ1n) is 30.6. The number of esters is 3. The smallest absolute Gasteiger partial charge is 0.306 e. The number of rotatable bonds is 56. The van der Waals surface area contributed by atoms with Crippen molar-refractivity contribution in [2.75, 3.05) is 13.2 Å². The molecule has 6 heteroatoms. The molecule has 0 bridgehead atoms. The molecule has 6 nitrogen and oxygen atoms in total. The highest BCUT2D eigenvalue weighted by molar-refractivity contribution is 5.71. The summed E-state index contributed by atoms with van der Waals surface area (Å²) in [5, 5.41) is 0. The van der Waals surface area contributed by atoms with Crippen molar-refractivity contribution in [3.8, 4) is 0 Å². The zero-order valence-corrected chi connectivity index (χ0v) is 46.8. The number of hydrogen-bond acceptors (Lipinski definition) is 6. The van der Waals surface area contributed by atoms with Crippen molar-refractivity contribution >= 4 is 17.9 Å². The zero-order chi connectivity index (χ0) is 50.7. The van der Waals surface area contributed by atoms with Gasteiger partial charge in [0.05, 0.1) is 0 Å². The lowest BCUT2D eigenvalue weighted by Gasteiger charge is -2.18. The van der Waals surface area contributed by atoms with Crippen LogP contribution in [0.4, 0.5) is 0 Å². The van der Waals surface area contributed by atoms with Gasteiger partial charge in [-0.15, -0.1) is 0 Å². The van der Waals surface area contributed by atoms with Gasteiger partial charge in [0, 0.05) is 19.3 Å². The molecule has 0 aliphatic heterocycles. The predicted molar refractivity (Wildman–Crippen MR) is 302 cm³/mol. The van der Waals surface area contributed by atoms with Crippen LogP contribution in [0.5, 0.6) is 0 Å². The van der Waals surface area contributed by atoms with Crippen molar-refractivity contribution in [3.05, 3.63) is 48.6 Å². The summed E-state index contributed by atoms with van der Waals surface area (Å²) in [7, 11) is 0. The molecule has 408 valence electrons. The molecule has 70 heavy (non-hydrogen) atoms. The van der Waals surface area contributed by atoms with E-state index >= 15 is 0 Å². The Morgan fingerprint density at radius 1 is 0.286 bits per heavy atom. The zero-order valence-electron chi connectivity index (χ0n) is 46.8. The first-order chi connectivity index (χ1) is 34.5. The van der Waals surface area contributed by atoms with Crippen LogP contribution in [0.3, 0.4) is 0 Å². The lowest BCUT2D eigenvalue weighted by atomic mass is 10.0. The second kappa shape index (κ2) is 58.9. The van der Waals surface area contributed by atoms with E-state index in [2.05, 4.69) is 69.4 Å². The van der Waals surface area contributed by atoms with Crippen LogP contribution in [0.1, 0.15) is 323 Å². The minimum absolute atomic E-state index is 0.0788. The highest BCUT2D eigenvalue weighted by Crippen LogP contribution is 2.17. The fraction of sp³-hybridized carbons (Fsp3) is 0.828. The summed E-state index contributed by atoms with van der Waals surface area (Å²) in [4.78, 5) is 38.2. The van der Waals surface area contributed by atoms with Gasteiger partial charge in [-0.25, -0.2) is 0 Å². The van der Waals surface area contributed by atoms with E-state index < -0.39 is 6.10 Å². The minimum atomic E-state index is -0.781. The Morgan fingerprint density at radius 3 is 0.800 bits per heavy atom. The Bertz CT molecular complexity index is 1220. The molecule has 0 aliphatic rings. The van der Waals surface area contributed by atoms with Crippen LogP contribution in [-0.4, -0.2) is 37.2 Å². The van der Waals surface area contributed by atoms with Gasteiger partial charge in [-0.3, -0.25) is 14.4 Å². The van der Waals surface area contributed by atoms with E-state index in [1.54, 1.807) is 0 Å². The van der Waals surface area contributed by atoms with Crippen LogP contribution in [-0.2, 0) is 28.6 Å². The SMILES string of the molecule is CCCCCC/C=C\C/C=C\CCCCCCCCCC(=O)OCC(COC(=O)CCCCCCC/C=C\C/C=C\CCCCCC)OC(=O)CCCCCCCCCCCCCCCCCCCC. The third kappa shape index (κ3) is 56.3. The second-order valence-corrected chi connectivity index (χ2v) is 20.6. The van der Waals surface area contributed by atoms with Gasteiger partial charge in [0.2, 0.25) is 0 Å². The van der Waals surface area contributed by atoms with Crippen molar-refractivity contribution in [2.45, 2.75) is 329 Å². The summed E-state index contributed by atoms with van der Waals surface area (Å²) >= 11 is 0. The molecular formula is C64H116O6. The monoisotopic (exact) mass is 981 g/mol. The minimum Gasteiger partial charge on any atom is -0.462 e. The topological polar surface area (TPSA) is 78.9 Å². The van der Waals surface area contributed by atoms with Gasteiger partial charge in [0.15, 0.2) is 6.10 Å². The highest BCUT2D eigenvalue weighted by atomic mass is 16.6. The average Bonchev–Trinajstić information content (AvgIpc) is 3.36. The van der Waals surface area contributed by atoms with E-state index in [0.29, 0.717) is 19.3 Å². The largest absolute Gasteiger partial charge is 0.462 e. The van der Waals surface area contributed by atoms with Gasteiger partial charge in [-0.2, -0.15) is 0 Å². The summed E-state index contributed by atoms with van der Waals surface area (Å²) < 4.78 is 16.9. The predicted octanol–water partition coefficient (Wildman–Crippen LogP) is 20.6. The van der Waals surface area contributed by atoms with Gasteiger partial charge in [-0.1, -0.05) is 268 Å². The maximum absolute atomic E-state index is 12.9. The van der Waals surface area contributed by atoms with Crippen molar-refractivity contribution in [3.63, 3.8) is 0 Å². The third-order valence-electron chi connectivity index (χ3n) is 13.6. The Labute approximate surface area is 435 Å². The van der Waals surface area contributed by atoms with Gasteiger partial charge < -0.3 is 14.2 Å². The maximum Gasteiger partial charge on any atom is 0.306 e. The average molecular weight is 982 g/mol. The molecule has 1 atom stereocenters. The highest BCUT2D eigenvalue weighted by Gasteiger charge is 2.19. The number of ether oxygens (including phenoxy) is 3. The van der Waals surface area contributed by atoms with E-state index in [1.807, 2.05) is 0 Å². The maximum atomic E-state index is 12.9. The number of hydrogen-bond donors (Lipinski definition) is 0. The number of allylic oxidation sites excluding steroid dienone is 8. The second-order valence-electron chi connectivity index (χ2n) is 20.6. The summed E-state index contributed by atoms with van der Waals surface area (Å²) in [6, 6.07) is 0. The fourth-order valence-electron chi connectivity index (χ4n) is 8.92. The summed E-state index contributed by atoms with van der Waals surface area (Å²) in [6.45, 7) is 6.63. The van der Waals surface area contributed by atoms with E-state index in [1.165, 1.54) is 193 Å². The summed E-state index contributed by atoms with van der Waals surface area (Å²) in [6.07, 6.45) is 72.4. The quantitative estimate of drug-likeness (QED) is 0.0261. The molecule has 0 N–H and O–H groups in total. The molecule has 0 rings (SSSR count). The summed E-state index contributed by atoms with van der Waals surface area (Å²) in [5.41, 5.74) is 0. The van der Waals surface area contributed by atoms with Crippen LogP contribution < -0.4 is 0 Å². The Hall–Kier alpha value is -2.63. The fourth-order valence-corrected chi connectivity index (χ4v) is 8.92. The number of carbonyl (C=O) groups is 3. The molecule has 0 aromatic carbocycles. The van der Waals surface area contributed by atoms with Crippen LogP contribution in [0, 0.1) is 0 Å². The lowest BCUT2D eigenvalue weighted by Crippen LogP contribution is -2.30. The molecule has 0 aromatic rings. The van der Waals surface area contributed by atoms with Crippen LogP contribution in [0.25, 0.3) is 0 Å². The molecule has 1 unspecified atom stereocenters. The van der Waals surface area contributed by atoms with E-state index in [9.17, 15) is 14.4 Å². The molecule has 0 spiro atoms. The Kier molecular flexibility index (Phi) is 56.7. The van der Waals surface area contributed by atoms with Crippen molar-refractivity contribution in [1.82, 2.24) is 0 Å². The normalized spacial score (nSPS) is 12.3. The van der Waals surface area contributed by atoms with E-state index in [0.717, 1.165) is 89.9 Å². The van der Waals surface area contributed by atoms with Crippen LogP contribution >= 0.6 is 0 Å². The van der Waals surface area contributed by atoms with Gasteiger partial charge in [-0.05, 0) is 83.5 Å². The van der Waals surface area contributed by atoms with Gasteiger partial charge in [0.25, 0.3) is 0 Å². The standard InChI is InChI=1S/C64H116O6/c1-4-7-10-13-16-19-22-25-28-31-33-36-39-42-45-48-51-54-57-63(66)69-60-61(59-68-62(65)56-53-50-47-44-41-38-35-30-27-24-21-18-15-12-9-6-3)70-64(67)58-55-52-49-46-43-40-37-34-32-29-26-23-20-17-14-11-8-5-2/h19,21-22,24,28,30-31,35,61H,4-18,20,23,25-27,29,32-34,36-60H2,1-3H3/b22-19-,24-21-,31-28-,35-30-.